The molecule has 3 nitrogen and oxygen atoms in total. The van der Waals surface area contributed by atoms with E-state index in [0.717, 1.165) is 21.4 Å². The Hall–Kier alpha value is -1.83. The van der Waals surface area contributed by atoms with Gasteiger partial charge in [-0.15, -0.1) is 0 Å². The van der Waals surface area contributed by atoms with E-state index in [1.807, 2.05) is 48.3 Å². The number of anilines is 2. The van der Waals surface area contributed by atoms with Crippen LogP contribution in [0.3, 0.4) is 0 Å². The predicted octanol–water partition coefficient (Wildman–Crippen LogP) is 3.58. The summed E-state index contributed by atoms with van der Waals surface area (Å²) >= 11 is 3.43. The van der Waals surface area contributed by atoms with Crippen molar-refractivity contribution < 1.29 is 5.11 Å². The third-order valence-corrected chi connectivity index (χ3v) is 3.72. The molecule has 1 N–H and O–H groups in total. The quantitative estimate of drug-likeness (QED) is 0.941. The van der Waals surface area contributed by atoms with Gasteiger partial charge < -0.3 is 10.0 Å². The Balaban J connectivity index is 2.42. The van der Waals surface area contributed by atoms with Crippen LogP contribution in [0.15, 0.2) is 46.9 Å². The molecule has 2 aromatic rings. The summed E-state index contributed by atoms with van der Waals surface area (Å²) in [7, 11) is 1.91. The highest BCUT2D eigenvalue weighted by molar-refractivity contribution is 9.10. The first-order valence-electron chi connectivity index (χ1n) is 5.79. The van der Waals surface area contributed by atoms with Crippen LogP contribution in [0, 0.1) is 11.3 Å². The summed E-state index contributed by atoms with van der Waals surface area (Å²) in [5.41, 5.74) is 3.28. The number of hydrogen-bond donors (Lipinski definition) is 1. The lowest BCUT2D eigenvalue weighted by Crippen LogP contribution is -2.11. The van der Waals surface area contributed by atoms with Gasteiger partial charge in [-0.3, -0.25) is 0 Å². The Morgan fingerprint density at radius 3 is 2.63 bits per heavy atom. The molecule has 0 unspecified atom stereocenters. The molecule has 0 aliphatic rings. The first kappa shape index (κ1) is 13.6. The molecule has 0 aromatic heterocycles. The maximum atomic E-state index is 9.16. The van der Waals surface area contributed by atoms with Crippen molar-refractivity contribution in [3.63, 3.8) is 0 Å². The van der Waals surface area contributed by atoms with Crippen LogP contribution < -0.4 is 4.90 Å². The van der Waals surface area contributed by atoms with Crippen LogP contribution in [0.1, 0.15) is 11.1 Å². The molecule has 0 aliphatic heterocycles. The van der Waals surface area contributed by atoms with Gasteiger partial charge in [0.05, 0.1) is 17.9 Å². The van der Waals surface area contributed by atoms with Crippen molar-refractivity contribution in [2.45, 2.75) is 6.61 Å². The van der Waals surface area contributed by atoms with Crippen LogP contribution in [-0.4, -0.2) is 12.2 Å². The topological polar surface area (TPSA) is 47.3 Å². The van der Waals surface area contributed by atoms with Crippen molar-refractivity contribution in [1.29, 1.82) is 5.26 Å². The van der Waals surface area contributed by atoms with E-state index in [1.165, 1.54) is 0 Å². The van der Waals surface area contributed by atoms with Crippen molar-refractivity contribution in [2.24, 2.45) is 0 Å². The molecule has 0 radical (unpaired) electrons. The smallest absolute Gasteiger partial charge is 0.101 e. The monoisotopic (exact) mass is 316 g/mol. The summed E-state index contributed by atoms with van der Waals surface area (Å²) in [5, 5.41) is 18.3. The fourth-order valence-electron chi connectivity index (χ4n) is 1.87. The summed E-state index contributed by atoms with van der Waals surface area (Å²) in [6.07, 6.45) is 0. The number of benzene rings is 2. The molecule has 0 saturated heterocycles. The molecule has 19 heavy (non-hydrogen) atoms. The van der Waals surface area contributed by atoms with Crippen molar-refractivity contribution in [2.75, 3.05) is 11.9 Å². The van der Waals surface area contributed by atoms with E-state index in [2.05, 4.69) is 22.0 Å². The van der Waals surface area contributed by atoms with E-state index in [1.54, 1.807) is 6.07 Å². The highest BCUT2D eigenvalue weighted by Gasteiger charge is 2.10. The highest BCUT2D eigenvalue weighted by atomic mass is 79.9. The largest absolute Gasteiger partial charge is 0.392 e. The van der Waals surface area contributed by atoms with Gasteiger partial charge in [0.2, 0.25) is 0 Å². The molecule has 0 amide bonds. The van der Waals surface area contributed by atoms with E-state index in [0.29, 0.717) is 5.56 Å². The number of halogens is 1. The van der Waals surface area contributed by atoms with Gasteiger partial charge in [0.15, 0.2) is 0 Å². The number of aliphatic hydroxyl groups is 1. The van der Waals surface area contributed by atoms with Gasteiger partial charge in [0.25, 0.3) is 0 Å². The number of nitrogens with zero attached hydrogens (tertiary/aromatic N) is 2. The fourth-order valence-corrected chi connectivity index (χ4v) is 2.36. The lowest BCUT2D eigenvalue weighted by atomic mass is 10.1. The number of rotatable bonds is 3. The first-order chi connectivity index (χ1) is 9.17. The number of nitriles is 1. The molecule has 0 bridgehead atoms. The minimum atomic E-state index is -0.000635. The van der Waals surface area contributed by atoms with E-state index >= 15 is 0 Å². The van der Waals surface area contributed by atoms with Crippen molar-refractivity contribution in [3.05, 3.63) is 58.1 Å². The normalized spacial score (nSPS) is 10.0. The Kier molecular flexibility index (Phi) is 4.20. The average molecular weight is 317 g/mol. The Labute approximate surface area is 120 Å². The molecule has 0 aliphatic carbocycles. The summed E-state index contributed by atoms with van der Waals surface area (Å²) < 4.78 is 0.855. The van der Waals surface area contributed by atoms with Gasteiger partial charge >= 0.3 is 0 Å². The second kappa shape index (κ2) is 5.87. The summed E-state index contributed by atoms with van der Waals surface area (Å²) in [6, 6.07) is 15.4. The third-order valence-electron chi connectivity index (χ3n) is 2.98. The van der Waals surface area contributed by atoms with Gasteiger partial charge in [-0.2, -0.15) is 5.26 Å². The molecule has 0 heterocycles. The van der Waals surface area contributed by atoms with E-state index in [4.69, 9.17) is 10.4 Å². The van der Waals surface area contributed by atoms with Gasteiger partial charge in [-0.05, 0) is 29.8 Å². The highest BCUT2D eigenvalue weighted by Crippen LogP contribution is 2.30. The molecule has 96 valence electrons. The van der Waals surface area contributed by atoms with E-state index < -0.39 is 0 Å². The molecule has 0 saturated carbocycles. The van der Waals surface area contributed by atoms with Crippen molar-refractivity contribution in [1.82, 2.24) is 0 Å². The summed E-state index contributed by atoms with van der Waals surface area (Å²) in [6.45, 7) is -0.000635. The minimum Gasteiger partial charge on any atom is -0.392 e. The zero-order chi connectivity index (χ0) is 13.8. The van der Waals surface area contributed by atoms with Gasteiger partial charge in [-0.25, -0.2) is 0 Å². The second-order valence-corrected chi connectivity index (χ2v) is 4.98. The standard InChI is InChI=1S/C15H13BrN2O/c1-18(15-5-3-2-4-11(15)9-17)13-7-6-12(10-19)14(16)8-13/h2-8,19H,10H2,1H3. The van der Waals surface area contributed by atoms with Crippen LogP contribution in [-0.2, 0) is 6.61 Å². The van der Waals surface area contributed by atoms with Crippen LogP contribution in [0.2, 0.25) is 0 Å². The summed E-state index contributed by atoms with van der Waals surface area (Å²) in [5.74, 6) is 0. The van der Waals surface area contributed by atoms with Crippen LogP contribution in [0.25, 0.3) is 0 Å². The first-order valence-corrected chi connectivity index (χ1v) is 6.59. The molecule has 4 heteroatoms. The van der Waals surface area contributed by atoms with Crippen LogP contribution >= 0.6 is 15.9 Å². The van der Waals surface area contributed by atoms with Crippen LogP contribution in [0.5, 0.6) is 0 Å². The fraction of sp³-hybridized carbons (Fsp3) is 0.133. The second-order valence-electron chi connectivity index (χ2n) is 4.12. The molecule has 0 fully saturated rings. The molecule has 2 rings (SSSR count). The van der Waals surface area contributed by atoms with E-state index in [9.17, 15) is 0 Å². The molecular weight excluding hydrogens is 304 g/mol. The van der Waals surface area contributed by atoms with Crippen molar-refractivity contribution in [3.8, 4) is 6.07 Å². The van der Waals surface area contributed by atoms with Gasteiger partial charge in [0.1, 0.15) is 6.07 Å². The average Bonchev–Trinajstić information content (AvgIpc) is 2.46. The molecule has 0 spiro atoms. The predicted molar refractivity (Wildman–Crippen MR) is 79.3 cm³/mol. The zero-order valence-corrected chi connectivity index (χ0v) is 12.1. The van der Waals surface area contributed by atoms with Crippen LogP contribution in [0.4, 0.5) is 11.4 Å². The Morgan fingerprint density at radius 2 is 2.00 bits per heavy atom. The Bertz CT molecular complexity index is 634. The molecule has 0 atom stereocenters. The van der Waals surface area contributed by atoms with Gasteiger partial charge in [-0.1, -0.05) is 34.1 Å². The number of hydrogen-bond acceptors (Lipinski definition) is 3. The number of aliphatic hydroxyl groups excluding tert-OH is 1. The van der Waals surface area contributed by atoms with E-state index in [-0.39, 0.29) is 6.61 Å². The maximum Gasteiger partial charge on any atom is 0.101 e. The van der Waals surface area contributed by atoms with Gasteiger partial charge in [0, 0.05) is 17.2 Å². The maximum absolute atomic E-state index is 9.16. The third kappa shape index (κ3) is 2.78. The lowest BCUT2D eigenvalue weighted by Gasteiger charge is -2.21. The summed E-state index contributed by atoms with van der Waals surface area (Å²) in [4.78, 5) is 1.95. The lowest BCUT2D eigenvalue weighted by molar-refractivity contribution is 0.281. The number of para-hydroxylation sites is 1. The Morgan fingerprint density at radius 1 is 1.26 bits per heavy atom. The molecular formula is C15H13BrN2O. The zero-order valence-electron chi connectivity index (χ0n) is 10.5. The SMILES string of the molecule is CN(c1ccc(CO)c(Br)c1)c1ccccc1C#N. The van der Waals surface area contributed by atoms with Crippen molar-refractivity contribution >= 4 is 27.3 Å². The molecule has 2 aromatic carbocycles. The minimum absolute atomic E-state index is 0.000635.